The Balaban J connectivity index is 1.57. The van der Waals surface area contributed by atoms with Crippen LogP contribution in [-0.2, 0) is 9.59 Å². The highest BCUT2D eigenvalue weighted by atomic mass is 16.5. The molecule has 0 radical (unpaired) electrons. The van der Waals surface area contributed by atoms with E-state index >= 15 is 0 Å². The van der Waals surface area contributed by atoms with E-state index in [1.165, 1.54) is 0 Å². The molecule has 25 heavy (non-hydrogen) atoms. The van der Waals surface area contributed by atoms with Crippen molar-refractivity contribution in [3.63, 3.8) is 0 Å². The highest BCUT2D eigenvalue weighted by Crippen LogP contribution is 2.36. The fourth-order valence-electron chi connectivity index (χ4n) is 2.96. The number of benzene rings is 1. The van der Waals surface area contributed by atoms with Gasteiger partial charge in [-0.1, -0.05) is 6.07 Å². The Kier molecular flexibility index (Phi) is 3.86. The van der Waals surface area contributed by atoms with Gasteiger partial charge in [-0.3, -0.25) is 14.4 Å². The van der Waals surface area contributed by atoms with Crippen LogP contribution >= 0.6 is 0 Å². The summed E-state index contributed by atoms with van der Waals surface area (Å²) in [7, 11) is 0. The maximum Gasteiger partial charge on any atom is 0.265 e. The first kappa shape index (κ1) is 15.9. The first-order valence-corrected chi connectivity index (χ1v) is 8.74. The van der Waals surface area contributed by atoms with Crippen LogP contribution < -0.4 is 15.4 Å². The van der Waals surface area contributed by atoms with Crippen molar-refractivity contribution in [2.45, 2.75) is 50.8 Å². The van der Waals surface area contributed by atoms with E-state index in [4.69, 9.17) is 4.74 Å². The van der Waals surface area contributed by atoms with E-state index in [2.05, 4.69) is 10.6 Å². The van der Waals surface area contributed by atoms with Gasteiger partial charge in [-0.2, -0.15) is 0 Å². The second-order valence-electron chi connectivity index (χ2n) is 6.94. The molecule has 1 atom stereocenters. The fourth-order valence-corrected chi connectivity index (χ4v) is 2.96. The van der Waals surface area contributed by atoms with Gasteiger partial charge >= 0.3 is 0 Å². The van der Waals surface area contributed by atoms with Crippen molar-refractivity contribution in [1.29, 1.82) is 0 Å². The van der Waals surface area contributed by atoms with Crippen molar-refractivity contribution < 1.29 is 19.1 Å². The number of rotatable bonds is 5. The van der Waals surface area contributed by atoms with Gasteiger partial charge in [0, 0.05) is 12.1 Å². The summed E-state index contributed by atoms with van der Waals surface area (Å²) < 4.78 is 5.67. The third kappa shape index (κ3) is 3.31. The monoisotopic (exact) mass is 343 g/mol. The number of carbonyl (C=O) groups excluding carboxylic acids is 3. The number of nitrogens with zero attached hydrogens (tertiary/aromatic N) is 1. The largest absolute Gasteiger partial charge is 0.478 e. The highest BCUT2D eigenvalue weighted by Gasteiger charge is 2.37. The van der Waals surface area contributed by atoms with E-state index in [0.29, 0.717) is 17.0 Å². The number of para-hydroxylation sites is 1. The van der Waals surface area contributed by atoms with Crippen LogP contribution in [0.2, 0.25) is 0 Å². The average molecular weight is 343 g/mol. The topological polar surface area (TPSA) is 87.7 Å². The van der Waals surface area contributed by atoms with Crippen LogP contribution in [0, 0.1) is 0 Å². The number of hydrogen-bond acceptors (Lipinski definition) is 4. The average Bonchev–Trinajstić information content (AvgIpc) is 3.47. The quantitative estimate of drug-likeness (QED) is 0.843. The summed E-state index contributed by atoms with van der Waals surface area (Å²) in [6, 6.07) is 5.47. The summed E-state index contributed by atoms with van der Waals surface area (Å²) in [6.45, 7) is 1.70. The molecular weight excluding hydrogens is 322 g/mol. The van der Waals surface area contributed by atoms with Crippen molar-refractivity contribution >= 4 is 23.4 Å². The van der Waals surface area contributed by atoms with Gasteiger partial charge in [-0.05, 0) is 44.7 Å². The van der Waals surface area contributed by atoms with Crippen molar-refractivity contribution in [3.8, 4) is 5.75 Å². The van der Waals surface area contributed by atoms with Crippen LogP contribution in [0.3, 0.4) is 0 Å². The normalized spacial score (nSPS) is 21.6. The zero-order valence-electron chi connectivity index (χ0n) is 14.1. The molecule has 1 aromatic rings. The predicted molar refractivity (Wildman–Crippen MR) is 90.4 cm³/mol. The Morgan fingerprint density at radius 3 is 2.72 bits per heavy atom. The lowest BCUT2D eigenvalue weighted by molar-refractivity contribution is -0.123. The molecule has 7 nitrogen and oxygen atoms in total. The Labute approximate surface area is 145 Å². The van der Waals surface area contributed by atoms with Crippen LogP contribution in [0.4, 0.5) is 5.69 Å². The third-order valence-corrected chi connectivity index (χ3v) is 4.67. The molecule has 2 fully saturated rings. The van der Waals surface area contributed by atoms with E-state index in [1.54, 1.807) is 30.0 Å². The van der Waals surface area contributed by atoms with Crippen molar-refractivity contribution in [1.82, 2.24) is 10.2 Å². The lowest BCUT2D eigenvalue weighted by Crippen LogP contribution is -2.43. The number of hydrogen-bond donors (Lipinski definition) is 2. The molecule has 0 saturated heterocycles. The first-order chi connectivity index (χ1) is 12.0. The molecule has 1 aromatic carbocycles. The molecule has 2 aliphatic carbocycles. The molecule has 7 heteroatoms. The molecule has 2 N–H and O–H groups in total. The molecule has 0 aromatic heterocycles. The summed E-state index contributed by atoms with van der Waals surface area (Å²) in [5.41, 5.74) is 0.877. The summed E-state index contributed by atoms with van der Waals surface area (Å²) in [6.07, 6.45) is 3.19. The molecule has 3 aliphatic rings. The van der Waals surface area contributed by atoms with Crippen LogP contribution in [0.5, 0.6) is 5.75 Å². The molecular formula is C18H21N3O4. The van der Waals surface area contributed by atoms with Gasteiger partial charge in [-0.15, -0.1) is 0 Å². The summed E-state index contributed by atoms with van der Waals surface area (Å²) >= 11 is 0. The summed E-state index contributed by atoms with van der Waals surface area (Å²) in [5, 5.41) is 5.68. The van der Waals surface area contributed by atoms with Gasteiger partial charge in [-0.25, -0.2) is 0 Å². The van der Waals surface area contributed by atoms with Crippen LogP contribution in [0.1, 0.15) is 43.0 Å². The van der Waals surface area contributed by atoms with Gasteiger partial charge in [0.1, 0.15) is 6.54 Å². The molecule has 132 valence electrons. The van der Waals surface area contributed by atoms with E-state index in [1.807, 2.05) is 0 Å². The fraction of sp³-hybridized carbons (Fsp3) is 0.500. The number of ether oxygens (including phenoxy) is 1. The van der Waals surface area contributed by atoms with E-state index < -0.39 is 6.10 Å². The van der Waals surface area contributed by atoms with Crippen LogP contribution in [0.15, 0.2) is 18.2 Å². The molecule has 0 bridgehead atoms. The Bertz CT molecular complexity index is 740. The zero-order chi connectivity index (χ0) is 17.6. The second-order valence-corrected chi connectivity index (χ2v) is 6.94. The molecule has 0 spiro atoms. The summed E-state index contributed by atoms with van der Waals surface area (Å²) in [5.74, 6) is -0.198. The van der Waals surface area contributed by atoms with Crippen molar-refractivity contribution in [2.75, 3.05) is 11.9 Å². The van der Waals surface area contributed by atoms with Gasteiger partial charge in [0.2, 0.25) is 5.91 Å². The lowest BCUT2D eigenvalue weighted by atomic mass is 10.1. The number of nitrogens with one attached hydrogen (secondary N) is 2. The number of amides is 3. The Morgan fingerprint density at radius 1 is 1.28 bits per heavy atom. The van der Waals surface area contributed by atoms with Gasteiger partial charge in [0.15, 0.2) is 11.9 Å². The lowest BCUT2D eigenvalue weighted by Gasteiger charge is -2.27. The molecule has 3 amide bonds. The molecule has 1 heterocycles. The first-order valence-electron chi connectivity index (χ1n) is 8.74. The predicted octanol–water partition coefficient (Wildman–Crippen LogP) is 1.29. The van der Waals surface area contributed by atoms with Gasteiger partial charge in [0.25, 0.3) is 11.8 Å². The minimum atomic E-state index is -0.658. The second kappa shape index (κ2) is 6.06. The highest BCUT2D eigenvalue weighted by molar-refractivity contribution is 6.04. The van der Waals surface area contributed by atoms with E-state index in [0.717, 1.165) is 25.7 Å². The van der Waals surface area contributed by atoms with Crippen LogP contribution in [-0.4, -0.2) is 47.4 Å². The SMILES string of the molecule is C[C@H]1Oc2c(cccc2C(=O)N(CC(=O)NC2CC2)C2CC2)NC1=O. The van der Waals surface area contributed by atoms with Crippen LogP contribution in [0.25, 0.3) is 0 Å². The Hall–Kier alpha value is -2.57. The zero-order valence-corrected chi connectivity index (χ0v) is 14.1. The molecule has 2 saturated carbocycles. The standard InChI is InChI=1S/C18H21N3O4/c1-10-17(23)20-14-4-2-3-13(16(14)25-10)18(24)21(12-7-8-12)9-15(22)19-11-5-6-11/h2-4,10-12H,5-9H2,1H3,(H,19,22)(H,20,23)/t10-/m1/s1. The van der Waals surface area contributed by atoms with Crippen molar-refractivity contribution in [2.24, 2.45) is 0 Å². The van der Waals surface area contributed by atoms with Gasteiger partial charge in [0.05, 0.1) is 11.3 Å². The van der Waals surface area contributed by atoms with E-state index in [-0.39, 0.29) is 36.3 Å². The van der Waals surface area contributed by atoms with Gasteiger partial charge < -0.3 is 20.3 Å². The van der Waals surface area contributed by atoms with E-state index in [9.17, 15) is 14.4 Å². The molecule has 4 rings (SSSR count). The summed E-state index contributed by atoms with van der Waals surface area (Å²) in [4.78, 5) is 38.6. The minimum Gasteiger partial charge on any atom is -0.478 e. The smallest absolute Gasteiger partial charge is 0.265 e. The maximum absolute atomic E-state index is 13.1. The number of anilines is 1. The minimum absolute atomic E-state index is 0.0611. The molecule has 0 unspecified atom stereocenters. The third-order valence-electron chi connectivity index (χ3n) is 4.67. The number of fused-ring (bicyclic) bond motifs is 1. The maximum atomic E-state index is 13.1. The Morgan fingerprint density at radius 2 is 2.04 bits per heavy atom. The molecule has 1 aliphatic heterocycles. The number of carbonyl (C=O) groups is 3. The van der Waals surface area contributed by atoms with Crippen molar-refractivity contribution in [3.05, 3.63) is 23.8 Å².